The van der Waals surface area contributed by atoms with Crippen LogP contribution in [0.25, 0.3) is 0 Å². The standard InChI is InChI=1S/C13H21N3O2/c1-4-18-13(17)16(9-8-15(2)3)11-12-6-5-7-14-10-12/h5-7,10H,4,8-9,11H2,1-3H3. The Hall–Kier alpha value is -1.62. The molecule has 0 fully saturated rings. The van der Waals surface area contributed by atoms with Crippen molar-refractivity contribution in [2.45, 2.75) is 13.5 Å². The minimum absolute atomic E-state index is 0.275. The first-order valence-electron chi connectivity index (χ1n) is 6.08. The molecular weight excluding hydrogens is 230 g/mol. The number of rotatable bonds is 6. The van der Waals surface area contributed by atoms with E-state index in [4.69, 9.17) is 4.74 Å². The van der Waals surface area contributed by atoms with Crippen molar-refractivity contribution in [1.82, 2.24) is 14.8 Å². The van der Waals surface area contributed by atoms with E-state index in [0.29, 0.717) is 19.7 Å². The molecule has 0 aliphatic rings. The summed E-state index contributed by atoms with van der Waals surface area (Å²) < 4.78 is 5.06. The molecule has 1 aromatic rings. The predicted molar refractivity (Wildman–Crippen MR) is 70.2 cm³/mol. The highest BCUT2D eigenvalue weighted by atomic mass is 16.6. The fraction of sp³-hybridized carbons (Fsp3) is 0.538. The third kappa shape index (κ3) is 5.14. The van der Waals surface area contributed by atoms with Gasteiger partial charge in [0.05, 0.1) is 13.2 Å². The van der Waals surface area contributed by atoms with Crippen LogP contribution in [0.4, 0.5) is 4.79 Å². The van der Waals surface area contributed by atoms with Crippen molar-refractivity contribution in [3.63, 3.8) is 0 Å². The van der Waals surface area contributed by atoms with Gasteiger partial charge in [-0.2, -0.15) is 0 Å². The van der Waals surface area contributed by atoms with E-state index in [9.17, 15) is 4.79 Å². The van der Waals surface area contributed by atoms with E-state index < -0.39 is 0 Å². The molecule has 0 spiro atoms. The van der Waals surface area contributed by atoms with Crippen LogP contribution in [0.5, 0.6) is 0 Å². The summed E-state index contributed by atoms with van der Waals surface area (Å²) >= 11 is 0. The van der Waals surface area contributed by atoms with E-state index in [1.54, 1.807) is 17.3 Å². The van der Waals surface area contributed by atoms with E-state index in [2.05, 4.69) is 4.98 Å². The van der Waals surface area contributed by atoms with Crippen molar-refractivity contribution in [3.05, 3.63) is 30.1 Å². The predicted octanol–water partition coefficient (Wildman–Crippen LogP) is 1.60. The summed E-state index contributed by atoms with van der Waals surface area (Å²) in [5.74, 6) is 0. The molecule has 1 aromatic heterocycles. The maximum atomic E-state index is 11.8. The van der Waals surface area contributed by atoms with Gasteiger partial charge in [0, 0.05) is 25.5 Å². The van der Waals surface area contributed by atoms with Crippen LogP contribution in [0, 0.1) is 0 Å². The lowest BCUT2D eigenvalue weighted by Crippen LogP contribution is -2.36. The summed E-state index contributed by atoms with van der Waals surface area (Å²) in [5.41, 5.74) is 1.00. The van der Waals surface area contributed by atoms with Gasteiger partial charge in [-0.15, -0.1) is 0 Å². The molecule has 1 rings (SSSR count). The molecule has 0 saturated carbocycles. The van der Waals surface area contributed by atoms with Gasteiger partial charge < -0.3 is 14.5 Å². The monoisotopic (exact) mass is 251 g/mol. The first-order chi connectivity index (χ1) is 8.63. The average molecular weight is 251 g/mol. The summed E-state index contributed by atoms with van der Waals surface area (Å²) in [4.78, 5) is 19.6. The van der Waals surface area contributed by atoms with Crippen molar-refractivity contribution in [3.8, 4) is 0 Å². The summed E-state index contributed by atoms with van der Waals surface area (Å²) in [7, 11) is 3.96. The summed E-state index contributed by atoms with van der Waals surface area (Å²) in [6, 6.07) is 3.82. The quantitative estimate of drug-likeness (QED) is 0.770. The topological polar surface area (TPSA) is 45.7 Å². The number of ether oxygens (including phenoxy) is 1. The Kier molecular flexibility index (Phi) is 6.14. The molecule has 5 nitrogen and oxygen atoms in total. The molecule has 0 saturated heterocycles. The fourth-order valence-electron chi connectivity index (χ4n) is 1.48. The summed E-state index contributed by atoms with van der Waals surface area (Å²) in [6.45, 7) is 4.18. The summed E-state index contributed by atoms with van der Waals surface area (Å²) in [6.07, 6.45) is 3.21. The first-order valence-corrected chi connectivity index (χ1v) is 6.08. The smallest absolute Gasteiger partial charge is 0.410 e. The number of hydrogen-bond donors (Lipinski definition) is 0. The Morgan fingerprint density at radius 3 is 2.72 bits per heavy atom. The maximum Gasteiger partial charge on any atom is 0.410 e. The molecule has 0 radical (unpaired) electrons. The Labute approximate surface area is 108 Å². The molecule has 0 unspecified atom stereocenters. The van der Waals surface area contributed by atoms with E-state index >= 15 is 0 Å². The van der Waals surface area contributed by atoms with Gasteiger partial charge in [-0.1, -0.05) is 6.07 Å². The highest BCUT2D eigenvalue weighted by Crippen LogP contribution is 2.05. The second-order valence-corrected chi connectivity index (χ2v) is 4.29. The molecule has 5 heteroatoms. The van der Waals surface area contributed by atoms with Crippen molar-refractivity contribution < 1.29 is 9.53 Å². The third-order valence-electron chi connectivity index (χ3n) is 2.44. The molecule has 18 heavy (non-hydrogen) atoms. The van der Waals surface area contributed by atoms with E-state index in [1.807, 2.05) is 38.1 Å². The maximum absolute atomic E-state index is 11.8. The van der Waals surface area contributed by atoms with Gasteiger partial charge >= 0.3 is 6.09 Å². The van der Waals surface area contributed by atoms with Crippen LogP contribution >= 0.6 is 0 Å². The lowest BCUT2D eigenvalue weighted by Gasteiger charge is -2.23. The van der Waals surface area contributed by atoms with E-state index in [-0.39, 0.29) is 6.09 Å². The fourth-order valence-corrected chi connectivity index (χ4v) is 1.48. The number of carbonyl (C=O) groups is 1. The van der Waals surface area contributed by atoms with Gasteiger partial charge in [-0.25, -0.2) is 4.79 Å². The highest BCUT2D eigenvalue weighted by Gasteiger charge is 2.14. The number of likely N-dealkylation sites (N-methyl/N-ethyl adjacent to an activating group) is 1. The van der Waals surface area contributed by atoms with Crippen molar-refractivity contribution in [1.29, 1.82) is 0 Å². The lowest BCUT2D eigenvalue weighted by molar-refractivity contribution is 0.101. The second kappa shape index (κ2) is 7.66. The van der Waals surface area contributed by atoms with E-state index in [0.717, 1.165) is 12.1 Å². The van der Waals surface area contributed by atoms with Crippen LogP contribution in [0.1, 0.15) is 12.5 Å². The molecule has 0 aliphatic carbocycles. The normalized spacial score (nSPS) is 10.4. The van der Waals surface area contributed by atoms with Crippen molar-refractivity contribution >= 4 is 6.09 Å². The highest BCUT2D eigenvalue weighted by molar-refractivity contribution is 5.67. The molecule has 0 bridgehead atoms. The molecule has 100 valence electrons. The SMILES string of the molecule is CCOC(=O)N(CCN(C)C)Cc1cccnc1. The number of nitrogens with zero attached hydrogens (tertiary/aromatic N) is 3. The minimum atomic E-state index is -0.275. The van der Waals surface area contributed by atoms with Crippen LogP contribution < -0.4 is 0 Å². The molecule has 1 amide bonds. The Balaban J connectivity index is 2.62. The van der Waals surface area contributed by atoms with Gasteiger partial charge in [0.1, 0.15) is 0 Å². The van der Waals surface area contributed by atoms with Gasteiger partial charge in [0.15, 0.2) is 0 Å². The molecular formula is C13H21N3O2. The average Bonchev–Trinajstić information content (AvgIpc) is 2.35. The zero-order valence-corrected chi connectivity index (χ0v) is 11.3. The van der Waals surface area contributed by atoms with E-state index in [1.165, 1.54) is 0 Å². The summed E-state index contributed by atoms with van der Waals surface area (Å²) in [5, 5.41) is 0. The van der Waals surface area contributed by atoms with Gasteiger partial charge in [0.2, 0.25) is 0 Å². The van der Waals surface area contributed by atoms with Crippen LogP contribution in [0.15, 0.2) is 24.5 Å². The number of carbonyl (C=O) groups excluding carboxylic acids is 1. The van der Waals surface area contributed by atoms with Crippen LogP contribution in [0.2, 0.25) is 0 Å². The molecule has 0 aromatic carbocycles. The Morgan fingerprint density at radius 2 is 2.17 bits per heavy atom. The van der Waals surface area contributed by atoms with Crippen LogP contribution in [-0.4, -0.2) is 54.7 Å². The molecule has 0 N–H and O–H groups in total. The first kappa shape index (κ1) is 14.4. The van der Waals surface area contributed by atoms with Crippen molar-refractivity contribution in [2.24, 2.45) is 0 Å². The van der Waals surface area contributed by atoms with Gasteiger partial charge in [0.25, 0.3) is 0 Å². The number of amides is 1. The Morgan fingerprint density at radius 1 is 1.39 bits per heavy atom. The lowest BCUT2D eigenvalue weighted by atomic mass is 10.2. The largest absolute Gasteiger partial charge is 0.450 e. The van der Waals surface area contributed by atoms with Crippen LogP contribution in [0.3, 0.4) is 0 Å². The second-order valence-electron chi connectivity index (χ2n) is 4.29. The number of hydrogen-bond acceptors (Lipinski definition) is 4. The molecule has 0 aliphatic heterocycles. The Bertz CT molecular complexity index is 355. The van der Waals surface area contributed by atoms with Gasteiger partial charge in [-0.05, 0) is 32.6 Å². The van der Waals surface area contributed by atoms with Gasteiger partial charge in [-0.3, -0.25) is 4.98 Å². The zero-order chi connectivity index (χ0) is 13.4. The minimum Gasteiger partial charge on any atom is -0.450 e. The zero-order valence-electron chi connectivity index (χ0n) is 11.3. The third-order valence-corrected chi connectivity index (χ3v) is 2.44. The molecule has 1 heterocycles. The number of aromatic nitrogens is 1. The van der Waals surface area contributed by atoms with Crippen molar-refractivity contribution in [2.75, 3.05) is 33.8 Å². The molecule has 0 atom stereocenters. The number of pyridine rings is 1. The van der Waals surface area contributed by atoms with Crippen LogP contribution in [-0.2, 0) is 11.3 Å².